The van der Waals surface area contributed by atoms with Crippen molar-refractivity contribution >= 4 is 11.7 Å². The number of carbonyl (C=O) groups excluding carboxylic acids is 1. The first-order chi connectivity index (χ1) is 12.8. The van der Waals surface area contributed by atoms with Gasteiger partial charge in [0.05, 0.1) is 32.4 Å². The molecular weight excluding hydrogens is 330 g/mol. The van der Waals surface area contributed by atoms with Crippen LogP contribution in [0.15, 0.2) is 42.6 Å². The molecule has 0 aliphatic carbocycles. The van der Waals surface area contributed by atoms with Crippen LogP contribution >= 0.6 is 0 Å². The summed E-state index contributed by atoms with van der Waals surface area (Å²) in [6.45, 7) is 5.42. The van der Waals surface area contributed by atoms with Gasteiger partial charge in [-0.2, -0.15) is 0 Å². The first kappa shape index (κ1) is 18.0. The van der Waals surface area contributed by atoms with Crippen LogP contribution in [-0.2, 0) is 0 Å². The van der Waals surface area contributed by atoms with E-state index in [0.717, 1.165) is 30.4 Å². The Hall–Kier alpha value is -2.76. The second-order valence-corrected chi connectivity index (χ2v) is 6.14. The monoisotopic (exact) mass is 356 g/mol. The lowest BCUT2D eigenvalue weighted by Gasteiger charge is -2.13. The third-order valence-electron chi connectivity index (χ3n) is 4.29. The molecule has 6 nitrogen and oxygen atoms in total. The molecule has 1 aromatic carbocycles. The molecular formula is C20H26N3O3+. The number of ether oxygens (including phenoxy) is 2. The van der Waals surface area contributed by atoms with E-state index in [0.29, 0.717) is 25.3 Å². The smallest absolute Gasteiger partial charge is 0.287 e. The number of carbonyl (C=O) groups is 1. The zero-order chi connectivity index (χ0) is 18.2. The number of rotatable bonds is 8. The van der Waals surface area contributed by atoms with E-state index in [-0.39, 0.29) is 5.91 Å². The Balaban J connectivity index is 1.48. The van der Waals surface area contributed by atoms with Crippen molar-refractivity contribution in [1.82, 2.24) is 5.32 Å². The van der Waals surface area contributed by atoms with Gasteiger partial charge in [0.15, 0.2) is 0 Å². The molecule has 1 aromatic heterocycles. The summed E-state index contributed by atoms with van der Waals surface area (Å²) in [5, 5.41) is 2.93. The molecule has 1 amide bonds. The summed E-state index contributed by atoms with van der Waals surface area (Å²) in [4.78, 5) is 18.0. The summed E-state index contributed by atoms with van der Waals surface area (Å²) >= 11 is 0. The number of hydrogen-bond acceptors (Lipinski definition) is 4. The molecule has 1 aliphatic heterocycles. The Kier molecular flexibility index (Phi) is 6.30. The van der Waals surface area contributed by atoms with Crippen LogP contribution in [0.4, 0.5) is 5.82 Å². The fraction of sp³-hybridized carbons (Fsp3) is 0.400. The van der Waals surface area contributed by atoms with Gasteiger partial charge in [0, 0.05) is 0 Å². The highest BCUT2D eigenvalue weighted by Crippen LogP contribution is 2.19. The van der Waals surface area contributed by atoms with E-state index in [2.05, 4.69) is 15.2 Å². The SMILES string of the molecule is CCOc1ccc(OCCNC(=O)c2ccc[nH+]c2N2CCCC2)cc1. The minimum atomic E-state index is -0.0842. The number of amides is 1. The van der Waals surface area contributed by atoms with Gasteiger partial charge in [-0.3, -0.25) is 9.69 Å². The molecule has 1 fully saturated rings. The third-order valence-corrected chi connectivity index (χ3v) is 4.29. The Labute approximate surface area is 154 Å². The minimum Gasteiger partial charge on any atom is -0.494 e. The van der Waals surface area contributed by atoms with Gasteiger partial charge in [-0.25, -0.2) is 4.98 Å². The number of aromatic amines is 1. The largest absolute Gasteiger partial charge is 0.494 e. The maximum Gasteiger partial charge on any atom is 0.287 e. The van der Waals surface area contributed by atoms with Gasteiger partial charge in [-0.15, -0.1) is 0 Å². The number of anilines is 1. The molecule has 138 valence electrons. The Morgan fingerprint density at radius 1 is 1.12 bits per heavy atom. The fourth-order valence-electron chi connectivity index (χ4n) is 3.04. The molecule has 0 unspecified atom stereocenters. The van der Waals surface area contributed by atoms with E-state index in [1.807, 2.05) is 49.5 Å². The number of H-pyrrole nitrogens is 1. The molecule has 0 bridgehead atoms. The maximum atomic E-state index is 12.5. The number of aromatic nitrogens is 1. The zero-order valence-corrected chi connectivity index (χ0v) is 15.2. The van der Waals surface area contributed by atoms with Crippen molar-refractivity contribution in [3.63, 3.8) is 0 Å². The topological polar surface area (TPSA) is 64.9 Å². The normalized spacial score (nSPS) is 13.5. The summed E-state index contributed by atoms with van der Waals surface area (Å²) in [7, 11) is 0. The van der Waals surface area contributed by atoms with Gasteiger partial charge >= 0.3 is 0 Å². The predicted octanol–water partition coefficient (Wildman–Crippen LogP) is 2.31. The highest BCUT2D eigenvalue weighted by atomic mass is 16.5. The lowest BCUT2D eigenvalue weighted by atomic mass is 10.2. The Morgan fingerprint density at radius 3 is 2.50 bits per heavy atom. The molecule has 1 saturated heterocycles. The Bertz CT molecular complexity index is 712. The van der Waals surface area contributed by atoms with Crippen molar-refractivity contribution < 1.29 is 19.3 Å². The van der Waals surface area contributed by atoms with Gasteiger partial charge in [0.25, 0.3) is 11.7 Å². The molecule has 0 spiro atoms. The van der Waals surface area contributed by atoms with E-state index in [1.165, 1.54) is 12.8 Å². The van der Waals surface area contributed by atoms with Gasteiger partial charge in [0.2, 0.25) is 0 Å². The maximum absolute atomic E-state index is 12.5. The van der Waals surface area contributed by atoms with Crippen molar-refractivity contribution in [2.45, 2.75) is 19.8 Å². The van der Waals surface area contributed by atoms with Crippen LogP contribution in [0.3, 0.4) is 0 Å². The van der Waals surface area contributed by atoms with Crippen LogP contribution < -0.4 is 24.7 Å². The molecule has 26 heavy (non-hydrogen) atoms. The number of benzene rings is 1. The first-order valence-electron chi connectivity index (χ1n) is 9.17. The summed E-state index contributed by atoms with van der Waals surface area (Å²) in [6.07, 6.45) is 4.19. The van der Waals surface area contributed by atoms with Crippen molar-refractivity contribution in [1.29, 1.82) is 0 Å². The summed E-state index contributed by atoms with van der Waals surface area (Å²) in [5.41, 5.74) is 0.676. The molecule has 2 N–H and O–H groups in total. The van der Waals surface area contributed by atoms with Crippen LogP contribution in [-0.4, -0.2) is 38.8 Å². The molecule has 2 aromatic rings. The molecule has 0 atom stereocenters. The standard InChI is InChI=1S/C20H25N3O3/c1-2-25-16-7-9-17(10-8-16)26-15-12-22-20(24)18-6-5-11-21-19(18)23-13-3-4-14-23/h5-11H,2-4,12-15H2,1H3,(H,22,24)/p+1. The second kappa shape index (κ2) is 9.08. The molecule has 6 heteroatoms. The molecule has 1 aliphatic rings. The average molecular weight is 356 g/mol. The lowest BCUT2D eigenvalue weighted by molar-refractivity contribution is -0.364. The summed E-state index contributed by atoms with van der Waals surface area (Å²) in [5.74, 6) is 2.39. The number of nitrogens with one attached hydrogen (secondary N) is 2. The van der Waals surface area contributed by atoms with Gasteiger partial charge in [-0.05, 0) is 56.2 Å². The van der Waals surface area contributed by atoms with Crippen molar-refractivity contribution in [3.8, 4) is 11.5 Å². The molecule has 0 saturated carbocycles. The van der Waals surface area contributed by atoms with Gasteiger partial charge in [0.1, 0.15) is 23.7 Å². The summed E-state index contributed by atoms with van der Waals surface area (Å²) < 4.78 is 11.1. The molecule has 3 rings (SSSR count). The highest BCUT2D eigenvalue weighted by molar-refractivity contribution is 5.98. The minimum absolute atomic E-state index is 0.0842. The van der Waals surface area contributed by atoms with Crippen LogP contribution in [0.1, 0.15) is 30.1 Å². The number of hydrogen-bond donors (Lipinski definition) is 1. The quantitative estimate of drug-likeness (QED) is 0.737. The summed E-state index contributed by atoms with van der Waals surface area (Å²) in [6, 6.07) is 11.2. The average Bonchev–Trinajstić information content (AvgIpc) is 3.21. The zero-order valence-electron chi connectivity index (χ0n) is 15.2. The predicted molar refractivity (Wildman–Crippen MR) is 99.9 cm³/mol. The van der Waals surface area contributed by atoms with E-state index in [4.69, 9.17) is 9.47 Å². The molecule has 0 radical (unpaired) electrons. The highest BCUT2D eigenvalue weighted by Gasteiger charge is 2.26. The van der Waals surface area contributed by atoms with Crippen molar-refractivity contribution in [2.75, 3.05) is 37.7 Å². The second-order valence-electron chi connectivity index (χ2n) is 6.14. The van der Waals surface area contributed by atoms with Crippen LogP contribution in [0.5, 0.6) is 11.5 Å². The third kappa shape index (κ3) is 4.65. The van der Waals surface area contributed by atoms with E-state index in [1.54, 1.807) is 0 Å². The van der Waals surface area contributed by atoms with Crippen LogP contribution in [0, 0.1) is 0 Å². The van der Waals surface area contributed by atoms with E-state index < -0.39 is 0 Å². The van der Waals surface area contributed by atoms with Gasteiger partial charge in [-0.1, -0.05) is 0 Å². The number of nitrogens with zero attached hydrogens (tertiary/aromatic N) is 1. The van der Waals surface area contributed by atoms with E-state index >= 15 is 0 Å². The lowest BCUT2D eigenvalue weighted by Crippen LogP contribution is -2.33. The fourth-order valence-corrected chi connectivity index (χ4v) is 3.04. The molecule has 2 heterocycles. The van der Waals surface area contributed by atoms with Crippen LogP contribution in [0.25, 0.3) is 0 Å². The van der Waals surface area contributed by atoms with Gasteiger partial charge < -0.3 is 14.8 Å². The van der Waals surface area contributed by atoms with Crippen LogP contribution in [0.2, 0.25) is 0 Å². The Morgan fingerprint density at radius 2 is 1.81 bits per heavy atom. The van der Waals surface area contributed by atoms with Crippen molar-refractivity contribution in [2.24, 2.45) is 0 Å². The van der Waals surface area contributed by atoms with Crippen molar-refractivity contribution in [3.05, 3.63) is 48.2 Å². The first-order valence-corrected chi connectivity index (χ1v) is 9.17. The number of pyridine rings is 1. The van der Waals surface area contributed by atoms with E-state index in [9.17, 15) is 4.79 Å².